The minimum atomic E-state index is -4.35. The molecule has 22 heavy (non-hydrogen) atoms. The van der Waals surface area contributed by atoms with Crippen molar-refractivity contribution >= 4 is 6.03 Å². The van der Waals surface area contributed by atoms with Crippen molar-refractivity contribution in [2.75, 3.05) is 33.4 Å². The predicted octanol–water partition coefficient (Wildman–Crippen LogP) is 2.12. The third-order valence-electron chi connectivity index (χ3n) is 2.63. The Labute approximate surface area is 126 Å². The SMILES string of the molecule is COc1cccc(CCNC(=O)NCCOCC(F)(F)F)c1. The Bertz CT molecular complexity index is 467. The molecular formula is C14H19F3N2O3. The van der Waals surface area contributed by atoms with Gasteiger partial charge in [-0.2, -0.15) is 13.2 Å². The predicted molar refractivity (Wildman–Crippen MR) is 75.0 cm³/mol. The summed E-state index contributed by atoms with van der Waals surface area (Å²) in [6.45, 7) is -1.08. The van der Waals surface area contributed by atoms with Gasteiger partial charge in [0.15, 0.2) is 0 Å². The number of carbonyl (C=O) groups excluding carboxylic acids is 1. The summed E-state index contributed by atoms with van der Waals surface area (Å²) in [7, 11) is 1.58. The van der Waals surface area contributed by atoms with E-state index < -0.39 is 18.8 Å². The molecule has 0 aromatic heterocycles. The van der Waals surface area contributed by atoms with Crippen LogP contribution in [0.3, 0.4) is 0 Å². The number of urea groups is 1. The van der Waals surface area contributed by atoms with E-state index in [9.17, 15) is 18.0 Å². The summed E-state index contributed by atoms with van der Waals surface area (Å²) in [4.78, 5) is 11.4. The zero-order chi connectivity index (χ0) is 16.4. The van der Waals surface area contributed by atoms with Crippen molar-refractivity contribution in [2.24, 2.45) is 0 Å². The van der Waals surface area contributed by atoms with Crippen LogP contribution in [0.2, 0.25) is 0 Å². The number of ether oxygens (including phenoxy) is 2. The molecule has 0 atom stereocenters. The highest BCUT2D eigenvalue weighted by Gasteiger charge is 2.27. The quantitative estimate of drug-likeness (QED) is 0.721. The van der Waals surface area contributed by atoms with E-state index in [-0.39, 0.29) is 13.2 Å². The molecule has 1 aromatic rings. The first kappa shape index (κ1) is 18.1. The van der Waals surface area contributed by atoms with Gasteiger partial charge in [-0.15, -0.1) is 0 Å². The number of methoxy groups -OCH3 is 1. The molecule has 0 aliphatic heterocycles. The van der Waals surface area contributed by atoms with Crippen molar-refractivity contribution in [3.8, 4) is 5.75 Å². The normalized spacial score (nSPS) is 11.1. The van der Waals surface area contributed by atoms with Gasteiger partial charge in [0.1, 0.15) is 12.4 Å². The van der Waals surface area contributed by atoms with Crippen molar-refractivity contribution in [3.63, 3.8) is 0 Å². The van der Waals surface area contributed by atoms with Gasteiger partial charge in [-0.05, 0) is 24.1 Å². The molecule has 124 valence electrons. The number of amides is 2. The van der Waals surface area contributed by atoms with Gasteiger partial charge in [0.25, 0.3) is 0 Å². The van der Waals surface area contributed by atoms with Crippen LogP contribution < -0.4 is 15.4 Å². The average Bonchev–Trinajstić information content (AvgIpc) is 2.46. The minimum Gasteiger partial charge on any atom is -0.497 e. The Hall–Kier alpha value is -1.96. The van der Waals surface area contributed by atoms with E-state index in [1.807, 2.05) is 24.3 Å². The Balaban J connectivity index is 2.10. The molecule has 1 rings (SSSR count). The fourth-order valence-electron chi connectivity index (χ4n) is 1.64. The van der Waals surface area contributed by atoms with Crippen LogP contribution in [0, 0.1) is 0 Å². The summed E-state index contributed by atoms with van der Waals surface area (Å²) in [6, 6.07) is 7.01. The molecule has 0 aliphatic rings. The molecule has 0 unspecified atom stereocenters. The van der Waals surface area contributed by atoms with Crippen LogP contribution in [0.25, 0.3) is 0 Å². The van der Waals surface area contributed by atoms with E-state index >= 15 is 0 Å². The van der Waals surface area contributed by atoms with Gasteiger partial charge in [0, 0.05) is 13.1 Å². The van der Waals surface area contributed by atoms with Crippen LogP contribution in [0.5, 0.6) is 5.75 Å². The Morgan fingerprint density at radius 2 is 1.95 bits per heavy atom. The van der Waals surface area contributed by atoms with Crippen LogP contribution in [0.4, 0.5) is 18.0 Å². The standard InChI is InChI=1S/C14H19F3N2O3/c1-21-12-4-2-3-11(9-12)5-6-18-13(20)19-7-8-22-10-14(15,16)17/h2-4,9H,5-8,10H2,1H3,(H2,18,19,20). The second-order valence-corrected chi connectivity index (χ2v) is 4.45. The number of carbonyl (C=O) groups is 1. The monoisotopic (exact) mass is 320 g/mol. The van der Waals surface area contributed by atoms with E-state index in [1.165, 1.54) is 0 Å². The van der Waals surface area contributed by atoms with Crippen molar-refractivity contribution in [2.45, 2.75) is 12.6 Å². The van der Waals surface area contributed by atoms with E-state index in [1.54, 1.807) is 7.11 Å². The highest BCUT2D eigenvalue weighted by molar-refractivity contribution is 5.73. The molecule has 0 radical (unpaired) electrons. The first-order valence-electron chi connectivity index (χ1n) is 6.70. The summed E-state index contributed by atoms with van der Waals surface area (Å²) in [6.07, 6.45) is -3.73. The van der Waals surface area contributed by atoms with E-state index in [4.69, 9.17) is 4.74 Å². The largest absolute Gasteiger partial charge is 0.497 e. The van der Waals surface area contributed by atoms with Crippen LogP contribution >= 0.6 is 0 Å². The van der Waals surface area contributed by atoms with Gasteiger partial charge >= 0.3 is 12.2 Å². The van der Waals surface area contributed by atoms with Gasteiger partial charge in [-0.3, -0.25) is 0 Å². The summed E-state index contributed by atoms with van der Waals surface area (Å²) < 4.78 is 44.8. The van der Waals surface area contributed by atoms with Gasteiger partial charge < -0.3 is 20.1 Å². The van der Waals surface area contributed by atoms with Crippen molar-refractivity contribution in [1.29, 1.82) is 0 Å². The zero-order valence-electron chi connectivity index (χ0n) is 12.2. The lowest BCUT2D eigenvalue weighted by Crippen LogP contribution is -2.38. The molecule has 8 heteroatoms. The second kappa shape index (κ2) is 9.14. The Morgan fingerprint density at radius 3 is 2.64 bits per heavy atom. The molecule has 0 aliphatic carbocycles. The Morgan fingerprint density at radius 1 is 1.23 bits per heavy atom. The lowest BCUT2D eigenvalue weighted by Gasteiger charge is -2.10. The number of hydrogen-bond acceptors (Lipinski definition) is 3. The van der Waals surface area contributed by atoms with E-state index in [0.717, 1.165) is 11.3 Å². The van der Waals surface area contributed by atoms with Gasteiger partial charge in [-0.1, -0.05) is 12.1 Å². The number of alkyl halides is 3. The summed E-state index contributed by atoms with van der Waals surface area (Å²) in [5, 5.41) is 5.02. The summed E-state index contributed by atoms with van der Waals surface area (Å²) >= 11 is 0. The molecule has 2 N–H and O–H groups in total. The molecule has 5 nitrogen and oxygen atoms in total. The van der Waals surface area contributed by atoms with Crippen LogP contribution in [0.1, 0.15) is 5.56 Å². The Kier molecular flexibility index (Phi) is 7.51. The maximum Gasteiger partial charge on any atom is 0.411 e. The smallest absolute Gasteiger partial charge is 0.411 e. The van der Waals surface area contributed by atoms with Gasteiger partial charge in [0.2, 0.25) is 0 Å². The lowest BCUT2D eigenvalue weighted by atomic mass is 10.1. The minimum absolute atomic E-state index is 0.0150. The van der Waals surface area contributed by atoms with Crippen molar-refractivity contribution in [3.05, 3.63) is 29.8 Å². The number of rotatable bonds is 8. The molecule has 0 fully saturated rings. The summed E-state index contributed by atoms with van der Waals surface area (Å²) in [5.41, 5.74) is 1.01. The maximum absolute atomic E-state index is 11.8. The fraction of sp³-hybridized carbons (Fsp3) is 0.500. The maximum atomic E-state index is 11.8. The van der Waals surface area contributed by atoms with E-state index in [2.05, 4.69) is 15.4 Å². The molecule has 0 bridgehead atoms. The van der Waals surface area contributed by atoms with Gasteiger partial charge in [0.05, 0.1) is 13.7 Å². The van der Waals surface area contributed by atoms with E-state index in [0.29, 0.717) is 13.0 Å². The van der Waals surface area contributed by atoms with Crippen molar-refractivity contribution < 1.29 is 27.4 Å². The third kappa shape index (κ3) is 8.35. The number of benzene rings is 1. The second-order valence-electron chi connectivity index (χ2n) is 4.45. The molecular weight excluding hydrogens is 301 g/mol. The number of halogens is 3. The lowest BCUT2D eigenvalue weighted by molar-refractivity contribution is -0.173. The first-order chi connectivity index (χ1) is 10.4. The van der Waals surface area contributed by atoms with Crippen LogP contribution in [-0.2, 0) is 11.2 Å². The molecule has 0 heterocycles. The zero-order valence-corrected chi connectivity index (χ0v) is 12.2. The molecule has 0 spiro atoms. The highest BCUT2D eigenvalue weighted by Crippen LogP contribution is 2.14. The molecule has 0 saturated heterocycles. The van der Waals surface area contributed by atoms with Gasteiger partial charge in [-0.25, -0.2) is 4.79 Å². The van der Waals surface area contributed by atoms with Crippen LogP contribution in [-0.4, -0.2) is 45.6 Å². The highest BCUT2D eigenvalue weighted by atomic mass is 19.4. The average molecular weight is 320 g/mol. The van der Waals surface area contributed by atoms with Crippen molar-refractivity contribution in [1.82, 2.24) is 10.6 Å². The first-order valence-corrected chi connectivity index (χ1v) is 6.70. The van der Waals surface area contributed by atoms with Crippen LogP contribution in [0.15, 0.2) is 24.3 Å². The molecule has 0 saturated carbocycles. The number of hydrogen-bond donors (Lipinski definition) is 2. The number of nitrogens with one attached hydrogen (secondary N) is 2. The summed E-state index contributed by atoms with van der Waals surface area (Å²) in [5.74, 6) is 0.740. The topological polar surface area (TPSA) is 59.6 Å². The molecule has 2 amide bonds. The molecule has 1 aromatic carbocycles. The fourth-order valence-corrected chi connectivity index (χ4v) is 1.64. The third-order valence-corrected chi connectivity index (χ3v) is 2.63.